The molecule has 3 atom stereocenters. The summed E-state index contributed by atoms with van der Waals surface area (Å²) in [5.41, 5.74) is 1.26. The number of rotatable bonds is 9. The minimum absolute atomic E-state index is 0.158. The van der Waals surface area contributed by atoms with Crippen molar-refractivity contribution in [2.45, 2.75) is 64.6 Å². The van der Waals surface area contributed by atoms with E-state index >= 15 is 0 Å². The van der Waals surface area contributed by atoms with Gasteiger partial charge in [0.15, 0.2) is 6.17 Å². The highest BCUT2D eigenvalue weighted by Crippen LogP contribution is 2.27. The lowest BCUT2D eigenvalue weighted by Gasteiger charge is -2.29. The average Bonchev–Trinajstić information content (AvgIpc) is 3.36. The molecule has 0 radical (unpaired) electrons. The average molecular weight is 415 g/mol. The van der Waals surface area contributed by atoms with E-state index in [1.54, 1.807) is 0 Å². The molecule has 9 nitrogen and oxygen atoms in total. The van der Waals surface area contributed by atoms with E-state index in [9.17, 15) is 18.8 Å². The second-order valence-corrected chi connectivity index (χ2v) is 7.72. The highest BCUT2D eigenvalue weighted by Gasteiger charge is 2.41. The van der Waals surface area contributed by atoms with Gasteiger partial charge in [-0.3, -0.25) is 24.9 Å². The van der Waals surface area contributed by atoms with E-state index in [4.69, 9.17) is 5.21 Å². The van der Waals surface area contributed by atoms with Crippen molar-refractivity contribution >= 4 is 34.2 Å². The van der Waals surface area contributed by atoms with Crippen LogP contribution in [0.25, 0.3) is 0 Å². The molecule has 1 fully saturated rings. The van der Waals surface area contributed by atoms with Gasteiger partial charge in [-0.05, 0) is 25.7 Å². The zero-order valence-corrected chi connectivity index (χ0v) is 16.8. The SMILES string of the molecule is CCCC[C@@H](C(=O)N1CCCC1C(=O)Nc1nnc(CC)s1)[C@@H](F)C(=O)NO. The molecule has 2 heterocycles. The molecule has 0 spiro atoms. The van der Waals surface area contributed by atoms with E-state index in [0.29, 0.717) is 37.4 Å². The fourth-order valence-corrected chi connectivity index (χ4v) is 3.90. The minimum atomic E-state index is -2.18. The van der Waals surface area contributed by atoms with Crippen LogP contribution in [-0.2, 0) is 20.8 Å². The molecule has 156 valence electrons. The van der Waals surface area contributed by atoms with Crippen molar-refractivity contribution in [3.8, 4) is 0 Å². The molecule has 2 rings (SSSR count). The van der Waals surface area contributed by atoms with Crippen molar-refractivity contribution in [1.82, 2.24) is 20.6 Å². The number of anilines is 1. The Morgan fingerprint density at radius 2 is 2.11 bits per heavy atom. The molecule has 1 aliphatic heterocycles. The number of carbonyl (C=O) groups excluding carboxylic acids is 3. The van der Waals surface area contributed by atoms with Crippen molar-refractivity contribution < 1.29 is 24.0 Å². The second kappa shape index (κ2) is 10.4. The first kappa shape index (κ1) is 22.2. The normalized spacial score (nSPS) is 18.6. The fourth-order valence-electron chi connectivity index (χ4n) is 3.22. The lowest BCUT2D eigenvalue weighted by atomic mass is 9.94. The summed E-state index contributed by atoms with van der Waals surface area (Å²) in [7, 11) is 0. The zero-order valence-electron chi connectivity index (χ0n) is 16.0. The Morgan fingerprint density at radius 3 is 2.71 bits per heavy atom. The predicted octanol–water partition coefficient (Wildman–Crippen LogP) is 1.68. The van der Waals surface area contributed by atoms with Crippen LogP contribution in [0, 0.1) is 5.92 Å². The monoisotopic (exact) mass is 415 g/mol. The molecule has 1 aromatic heterocycles. The minimum Gasteiger partial charge on any atom is -0.330 e. The third-order valence-electron chi connectivity index (χ3n) is 4.74. The van der Waals surface area contributed by atoms with Crippen LogP contribution in [-0.4, -0.2) is 56.8 Å². The number of halogens is 1. The van der Waals surface area contributed by atoms with Crippen LogP contribution in [0.5, 0.6) is 0 Å². The summed E-state index contributed by atoms with van der Waals surface area (Å²) < 4.78 is 14.5. The van der Waals surface area contributed by atoms with E-state index in [1.165, 1.54) is 21.7 Å². The number of unbranched alkanes of at least 4 members (excludes halogenated alkanes) is 1. The molecule has 11 heteroatoms. The number of nitrogens with one attached hydrogen (secondary N) is 2. The maximum absolute atomic E-state index is 14.5. The molecule has 1 saturated heterocycles. The largest absolute Gasteiger partial charge is 0.330 e. The highest BCUT2D eigenvalue weighted by atomic mass is 32.1. The Hall–Kier alpha value is -2.14. The van der Waals surface area contributed by atoms with Crippen molar-refractivity contribution in [3.05, 3.63) is 5.01 Å². The number of alkyl halides is 1. The smallest absolute Gasteiger partial charge is 0.278 e. The lowest BCUT2D eigenvalue weighted by Crippen LogP contribution is -2.49. The molecule has 3 amide bonds. The van der Waals surface area contributed by atoms with Crippen LogP contribution >= 0.6 is 11.3 Å². The first-order valence-corrected chi connectivity index (χ1v) is 10.3. The van der Waals surface area contributed by atoms with Gasteiger partial charge in [0.2, 0.25) is 16.9 Å². The number of aryl methyl sites for hydroxylation is 1. The molecule has 0 aliphatic carbocycles. The molecule has 0 bridgehead atoms. The number of hydrogen-bond acceptors (Lipinski definition) is 7. The summed E-state index contributed by atoms with van der Waals surface area (Å²) in [6.07, 6.45) is 0.993. The van der Waals surface area contributed by atoms with Crippen LogP contribution in [0.4, 0.5) is 9.52 Å². The molecule has 28 heavy (non-hydrogen) atoms. The Labute approximate surface area is 166 Å². The lowest BCUT2D eigenvalue weighted by molar-refractivity contribution is -0.148. The van der Waals surface area contributed by atoms with Gasteiger partial charge in [-0.25, -0.2) is 9.87 Å². The third kappa shape index (κ3) is 5.22. The quantitative estimate of drug-likeness (QED) is 0.416. The van der Waals surface area contributed by atoms with Crippen molar-refractivity contribution in [2.24, 2.45) is 5.92 Å². The number of amides is 3. The maximum Gasteiger partial charge on any atom is 0.278 e. The second-order valence-electron chi connectivity index (χ2n) is 6.66. The molecule has 1 unspecified atom stereocenters. The first-order valence-electron chi connectivity index (χ1n) is 9.44. The van der Waals surface area contributed by atoms with Crippen molar-refractivity contribution in [2.75, 3.05) is 11.9 Å². The number of carbonyl (C=O) groups is 3. The summed E-state index contributed by atoms with van der Waals surface area (Å²) in [6, 6.07) is -0.755. The molecular weight excluding hydrogens is 389 g/mol. The third-order valence-corrected chi connectivity index (χ3v) is 5.72. The van der Waals surface area contributed by atoms with Gasteiger partial charge in [0.25, 0.3) is 5.91 Å². The van der Waals surface area contributed by atoms with Crippen LogP contribution in [0.2, 0.25) is 0 Å². The topological polar surface area (TPSA) is 125 Å². The number of likely N-dealkylation sites (tertiary alicyclic amines) is 1. The number of aromatic nitrogens is 2. The molecular formula is C17H26FN5O4S. The fraction of sp³-hybridized carbons (Fsp3) is 0.706. The molecule has 3 N–H and O–H groups in total. The Morgan fingerprint density at radius 1 is 1.36 bits per heavy atom. The zero-order chi connectivity index (χ0) is 20.7. The first-order chi connectivity index (χ1) is 13.4. The van der Waals surface area contributed by atoms with Crippen molar-refractivity contribution in [3.63, 3.8) is 0 Å². The standard InChI is InChI=1S/C17H26FN5O4S/c1-3-5-7-10(13(18)15(25)22-27)16(26)23-9-6-8-11(23)14(24)19-17-21-20-12(4-2)28-17/h10-11,13,27H,3-9H2,1-2H3,(H,22,25)(H,19,21,24)/t10-,11?,13-/m1/s1. The highest BCUT2D eigenvalue weighted by molar-refractivity contribution is 7.15. The van der Waals surface area contributed by atoms with E-state index in [1.807, 2.05) is 13.8 Å². The van der Waals surface area contributed by atoms with Crippen LogP contribution in [0.1, 0.15) is 51.0 Å². The van der Waals surface area contributed by atoms with Crippen LogP contribution in [0.15, 0.2) is 0 Å². The van der Waals surface area contributed by atoms with Gasteiger partial charge < -0.3 is 4.90 Å². The summed E-state index contributed by atoms with van der Waals surface area (Å²) in [6.45, 7) is 4.12. The molecule has 0 saturated carbocycles. The molecule has 0 aromatic carbocycles. The van der Waals surface area contributed by atoms with Crippen molar-refractivity contribution in [1.29, 1.82) is 0 Å². The van der Waals surface area contributed by atoms with Gasteiger partial charge in [-0.1, -0.05) is 38.0 Å². The van der Waals surface area contributed by atoms with Gasteiger partial charge in [0.05, 0.1) is 5.92 Å². The summed E-state index contributed by atoms with van der Waals surface area (Å²) >= 11 is 1.26. The van der Waals surface area contributed by atoms with Gasteiger partial charge in [0.1, 0.15) is 11.0 Å². The number of nitrogens with zero attached hydrogens (tertiary/aromatic N) is 3. The van der Waals surface area contributed by atoms with Gasteiger partial charge in [0, 0.05) is 6.54 Å². The van der Waals surface area contributed by atoms with Crippen LogP contribution < -0.4 is 10.8 Å². The maximum atomic E-state index is 14.5. The Kier molecular flexibility index (Phi) is 8.24. The summed E-state index contributed by atoms with van der Waals surface area (Å²) in [4.78, 5) is 38.4. The molecule has 1 aromatic rings. The van der Waals surface area contributed by atoms with E-state index in [0.717, 1.165) is 11.4 Å². The van der Waals surface area contributed by atoms with Crippen LogP contribution in [0.3, 0.4) is 0 Å². The summed E-state index contributed by atoms with van der Waals surface area (Å²) in [5, 5.41) is 20.4. The van der Waals surface area contributed by atoms with E-state index < -0.39 is 35.9 Å². The van der Waals surface area contributed by atoms with E-state index in [2.05, 4.69) is 15.5 Å². The van der Waals surface area contributed by atoms with Gasteiger partial charge in [-0.2, -0.15) is 0 Å². The van der Waals surface area contributed by atoms with Gasteiger partial charge >= 0.3 is 0 Å². The Balaban J connectivity index is 2.11. The molecule has 1 aliphatic rings. The number of hydrogen-bond donors (Lipinski definition) is 3. The van der Waals surface area contributed by atoms with E-state index in [-0.39, 0.29) is 6.42 Å². The Bertz CT molecular complexity index is 701. The van der Waals surface area contributed by atoms with Gasteiger partial charge in [-0.15, -0.1) is 10.2 Å². The predicted molar refractivity (Wildman–Crippen MR) is 100 cm³/mol. The summed E-state index contributed by atoms with van der Waals surface area (Å²) in [5.74, 6) is -3.49. The number of hydroxylamine groups is 1.